The molecular formula is C24H27FN4O4. The van der Waals surface area contributed by atoms with E-state index in [4.69, 9.17) is 0 Å². The number of nitrogens with zero attached hydrogens (tertiary/aromatic N) is 2. The summed E-state index contributed by atoms with van der Waals surface area (Å²) in [7, 11) is 0. The monoisotopic (exact) mass is 454 g/mol. The third-order valence-electron chi connectivity index (χ3n) is 7.04. The summed E-state index contributed by atoms with van der Waals surface area (Å²) in [6, 6.07) is 6.27. The summed E-state index contributed by atoms with van der Waals surface area (Å²) in [5, 5.41) is 11.5. The fourth-order valence-electron chi connectivity index (χ4n) is 5.24. The molecule has 174 valence electrons. The molecule has 1 aromatic carbocycles. The third-order valence-corrected chi connectivity index (χ3v) is 7.04. The van der Waals surface area contributed by atoms with Gasteiger partial charge in [-0.25, -0.2) is 4.39 Å². The van der Waals surface area contributed by atoms with E-state index in [1.807, 2.05) is 12.1 Å². The van der Waals surface area contributed by atoms with E-state index in [1.165, 1.54) is 11.0 Å². The van der Waals surface area contributed by atoms with Crippen molar-refractivity contribution in [3.63, 3.8) is 0 Å². The highest BCUT2D eigenvalue weighted by molar-refractivity contribution is 6.05. The van der Waals surface area contributed by atoms with Gasteiger partial charge in [0, 0.05) is 36.5 Å². The van der Waals surface area contributed by atoms with Crippen molar-refractivity contribution in [2.24, 2.45) is 0 Å². The predicted molar refractivity (Wildman–Crippen MR) is 116 cm³/mol. The number of aromatic nitrogens is 1. The number of aromatic amines is 1. The molecule has 0 spiro atoms. The number of hydrogen-bond acceptors (Lipinski definition) is 5. The van der Waals surface area contributed by atoms with Crippen molar-refractivity contribution in [2.45, 2.75) is 57.3 Å². The fraction of sp³-hybridized carbons (Fsp3) is 0.458. The molecular weight excluding hydrogens is 427 g/mol. The molecule has 33 heavy (non-hydrogen) atoms. The normalized spacial score (nSPS) is 22.1. The lowest BCUT2D eigenvalue weighted by Crippen LogP contribution is -2.52. The van der Waals surface area contributed by atoms with Gasteiger partial charge in [-0.2, -0.15) is 0 Å². The maximum atomic E-state index is 15.0. The zero-order chi connectivity index (χ0) is 23.1. The molecule has 3 amide bonds. The van der Waals surface area contributed by atoms with Crippen LogP contribution >= 0.6 is 0 Å². The number of piperidine rings is 2. The number of imide groups is 1. The maximum absolute atomic E-state index is 15.0. The zero-order valence-corrected chi connectivity index (χ0v) is 18.3. The number of halogens is 1. The van der Waals surface area contributed by atoms with E-state index in [2.05, 4.69) is 15.2 Å². The average molecular weight is 455 g/mol. The van der Waals surface area contributed by atoms with Crippen molar-refractivity contribution in [2.75, 3.05) is 13.1 Å². The lowest BCUT2D eigenvalue weighted by molar-refractivity contribution is -0.136. The Morgan fingerprint density at radius 3 is 2.52 bits per heavy atom. The van der Waals surface area contributed by atoms with Gasteiger partial charge in [0.25, 0.3) is 5.91 Å². The molecule has 1 aromatic heterocycles. The molecule has 3 aliphatic heterocycles. The summed E-state index contributed by atoms with van der Waals surface area (Å²) < 4.78 is 15.0. The Kier molecular flexibility index (Phi) is 5.76. The number of nitrogens with one attached hydrogen (secondary N) is 2. The van der Waals surface area contributed by atoms with Crippen LogP contribution in [0.25, 0.3) is 0 Å². The Labute approximate surface area is 190 Å². The maximum Gasteiger partial charge on any atom is 0.255 e. The molecule has 2 fully saturated rings. The minimum Gasteiger partial charge on any atom is -0.390 e. The fourth-order valence-corrected chi connectivity index (χ4v) is 5.24. The molecule has 2 saturated heterocycles. The molecule has 2 aromatic rings. The Morgan fingerprint density at radius 2 is 1.82 bits per heavy atom. The van der Waals surface area contributed by atoms with E-state index in [-0.39, 0.29) is 43.1 Å². The molecule has 0 radical (unpaired) electrons. The van der Waals surface area contributed by atoms with Gasteiger partial charge in [0.2, 0.25) is 11.8 Å². The number of rotatable bonds is 5. The minimum absolute atomic E-state index is 0.0108. The van der Waals surface area contributed by atoms with Gasteiger partial charge in [0.15, 0.2) is 0 Å². The van der Waals surface area contributed by atoms with Crippen LogP contribution in [0.5, 0.6) is 0 Å². The quantitative estimate of drug-likeness (QED) is 0.598. The summed E-state index contributed by atoms with van der Waals surface area (Å²) >= 11 is 0. The van der Waals surface area contributed by atoms with E-state index >= 15 is 4.39 Å². The number of likely N-dealkylation sites (tertiary alicyclic amines) is 1. The van der Waals surface area contributed by atoms with Crippen LogP contribution in [-0.4, -0.2) is 56.7 Å². The van der Waals surface area contributed by atoms with Crippen molar-refractivity contribution >= 4 is 17.7 Å². The molecule has 5 rings (SSSR count). The van der Waals surface area contributed by atoms with Gasteiger partial charge in [0.1, 0.15) is 11.9 Å². The number of carbonyl (C=O) groups is 3. The standard InChI is InChI=1S/C24H27FN4O4/c25-20-10-19-15(11-29(24(19)33)21-3-4-22(31)27-23(21)32)9-18(20)14-5-7-28(8-6-14)12-16-1-2-17(13-30)26-16/h1-2,9-10,14,21,26,30H,3-8,11-13H2,(H,27,31,32). The van der Waals surface area contributed by atoms with Crippen molar-refractivity contribution in [1.29, 1.82) is 0 Å². The van der Waals surface area contributed by atoms with Crippen LogP contribution in [0.15, 0.2) is 24.3 Å². The van der Waals surface area contributed by atoms with Gasteiger partial charge in [-0.1, -0.05) is 6.07 Å². The van der Waals surface area contributed by atoms with Crippen LogP contribution in [-0.2, 0) is 29.3 Å². The van der Waals surface area contributed by atoms with Crippen LogP contribution < -0.4 is 5.32 Å². The van der Waals surface area contributed by atoms with E-state index in [0.29, 0.717) is 17.5 Å². The van der Waals surface area contributed by atoms with Crippen molar-refractivity contribution < 1.29 is 23.9 Å². The number of fused-ring (bicyclic) bond motifs is 1. The number of hydrogen-bond donors (Lipinski definition) is 3. The SMILES string of the molecule is O=C1CCC(N2Cc3cc(C4CCN(Cc5ccc(CO)[nH]5)CC4)c(F)cc3C2=O)C(=O)N1. The predicted octanol–water partition coefficient (Wildman–Crippen LogP) is 1.79. The van der Waals surface area contributed by atoms with Gasteiger partial charge >= 0.3 is 0 Å². The number of benzene rings is 1. The Bertz CT molecular complexity index is 1110. The minimum atomic E-state index is -0.698. The van der Waals surface area contributed by atoms with Gasteiger partial charge in [-0.15, -0.1) is 0 Å². The van der Waals surface area contributed by atoms with Crippen LogP contribution in [0, 0.1) is 5.82 Å². The zero-order valence-electron chi connectivity index (χ0n) is 18.3. The largest absolute Gasteiger partial charge is 0.390 e. The molecule has 1 unspecified atom stereocenters. The van der Waals surface area contributed by atoms with Crippen LogP contribution in [0.1, 0.15) is 64.5 Å². The summed E-state index contributed by atoms with van der Waals surface area (Å²) in [5.74, 6) is -1.45. The highest BCUT2D eigenvalue weighted by Gasteiger charge is 2.40. The van der Waals surface area contributed by atoms with E-state index < -0.39 is 11.9 Å². The van der Waals surface area contributed by atoms with Crippen molar-refractivity contribution in [3.05, 3.63) is 58.2 Å². The second kappa shape index (κ2) is 8.72. The summed E-state index contributed by atoms with van der Waals surface area (Å²) in [6.07, 6.45) is 2.11. The number of amides is 3. The number of carbonyl (C=O) groups excluding carboxylic acids is 3. The van der Waals surface area contributed by atoms with Gasteiger partial charge in [-0.3, -0.25) is 24.6 Å². The second-order valence-corrected chi connectivity index (χ2v) is 9.15. The number of aliphatic hydroxyl groups is 1. The van der Waals surface area contributed by atoms with Crippen molar-refractivity contribution in [3.8, 4) is 0 Å². The Morgan fingerprint density at radius 1 is 1.06 bits per heavy atom. The molecule has 0 aliphatic carbocycles. The lowest BCUT2D eigenvalue weighted by Gasteiger charge is -2.32. The smallest absolute Gasteiger partial charge is 0.255 e. The van der Waals surface area contributed by atoms with Crippen molar-refractivity contribution in [1.82, 2.24) is 20.1 Å². The Hall–Kier alpha value is -3.04. The van der Waals surface area contributed by atoms with Gasteiger partial charge in [0.05, 0.1) is 6.61 Å². The first-order chi connectivity index (χ1) is 15.9. The molecule has 4 heterocycles. The highest BCUT2D eigenvalue weighted by Crippen LogP contribution is 2.35. The van der Waals surface area contributed by atoms with E-state index in [0.717, 1.165) is 49.4 Å². The second-order valence-electron chi connectivity index (χ2n) is 9.15. The Balaban J connectivity index is 1.26. The van der Waals surface area contributed by atoms with Crippen LogP contribution in [0.4, 0.5) is 4.39 Å². The summed E-state index contributed by atoms with van der Waals surface area (Å²) in [4.78, 5) is 43.5. The number of H-pyrrole nitrogens is 1. The first kappa shape index (κ1) is 21.8. The molecule has 9 heteroatoms. The molecule has 0 bridgehead atoms. The van der Waals surface area contributed by atoms with E-state index in [1.54, 1.807) is 6.07 Å². The van der Waals surface area contributed by atoms with Crippen LogP contribution in [0.3, 0.4) is 0 Å². The molecule has 8 nitrogen and oxygen atoms in total. The average Bonchev–Trinajstić information content (AvgIpc) is 3.38. The summed E-state index contributed by atoms with van der Waals surface area (Å²) in [5.41, 5.74) is 3.53. The van der Waals surface area contributed by atoms with Gasteiger partial charge in [-0.05, 0) is 67.6 Å². The van der Waals surface area contributed by atoms with Gasteiger partial charge < -0.3 is 15.0 Å². The topological polar surface area (TPSA) is 106 Å². The highest BCUT2D eigenvalue weighted by atomic mass is 19.1. The molecule has 0 saturated carbocycles. The number of aliphatic hydroxyl groups excluding tert-OH is 1. The first-order valence-electron chi connectivity index (χ1n) is 11.4. The first-order valence-corrected chi connectivity index (χ1v) is 11.4. The van der Waals surface area contributed by atoms with Crippen LogP contribution in [0.2, 0.25) is 0 Å². The molecule has 3 N–H and O–H groups in total. The van der Waals surface area contributed by atoms with E-state index in [9.17, 15) is 19.5 Å². The molecule has 1 atom stereocenters. The lowest BCUT2D eigenvalue weighted by atomic mass is 9.87. The third kappa shape index (κ3) is 4.18. The molecule has 3 aliphatic rings. The summed E-state index contributed by atoms with van der Waals surface area (Å²) in [6.45, 7) is 2.66.